The highest BCUT2D eigenvalue weighted by Gasteiger charge is 2.26. The molecule has 0 bridgehead atoms. The lowest BCUT2D eigenvalue weighted by Crippen LogP contribution is -2.11. The smallest absolute Gasteiger partial charge is 0.235 e. The highest BCUT2D eigenvalue weighted by molar-refractivity contribution is 5.36. The SMILES string of the molecule is O=C=NC(c1ccc(F)cc1)C1CCOC1. The standard InChI is InChI=1S/C12H12FNO2/c13-11-3-1-9(2-4-11)12(14-8-15)10-5-6-16-7-10/h1-4,10,12H,5-7H2. The molecule has 1 saturated heterocycles. The second-order valence-corrected chi connectivity index (χ2v) is 3.84. The Hall–Kier alpha value is -1.51. The van der Waals surface area contributed by atoms with Crippen LogP contribution in [0, 0.1) is 11.7 Å². The molecule has 2 unspecified atom stereocenters. The first-order valence-corrected chi connectivity index (χ1v) is 5.21. The van der Waals surface area contributed by atoms with Crippen molar-refractivity contribution < 1.29 is 13.9 Å². The minimum absolute atomic E-state index is 0.187. The van der Waals surface area contributed by atoms with Gasteiger partial charge in [-0.2, -0.15) is 4.99 Å². The van der Waals surface area contributed by atoms with Gasteiger partial charge in [0.2, 0.25) is 6.08 Å². The Bertz CT molecular complexity index is 392. The Balaban J connectivity index is 2.24. The lowest BCUT2D eigenvalue weighted by Gasteiger charge is -2.16. The largest absolute Gasteiger partial charge is 0.381 e. The van der Waals surface area contributed by atoms with Crippen molar-refractivity contribution >= 4 is 6.08 Å². The summed E-state index contributed by atoms with van der Waals surface area (Å²) in [5.41, 5.74) is 0.834. The Morgan fingerprint density at radius 2 is 2.19 bits per heavy atom. The van der Waals surface area contributed by atoms with Crippen molar-refractivity contribution in [2.45, 2.75) is 12.5 Å². The van der Waals surface area contributed by atoms with Gasteiger partial charge in [0, 0.05) is 12.5 Å². The minimum atomic E-state index is -0.291. The third kappa shape index (κ3) is 2.35. The first kappa shape index (κ1) is 11.0. The van der Waals surface area contributed by atoms with E-state index in [0.29, 0.717) is 13.2 Å². The van der Waals surface area contributed by atoms with E-state index in [4.69, 9.17) is 4.74 Å². The number of aliphatic imine (C=N–C) groups is 1. The van der Waals surface area contributed by atoms with Gasteiger partial charge in [0.1, 0.15) is 5.82 Å². The third-order valence-electron chi connectivity index (χ3n) is 2.81. The van der Waals surface area contributed by atoms with Gasteiger partial charge in [-0.1, -0.05) is 12.1 Å². The fraction of sp³-hybridized carbons (Fsp3) is 0.417. The van der Waals surface area contributed by atoms with Gasteiger partial charge < -0.3 is 4.74 Å². The summed E-state index contributed by atoms with van der Waals surface area (Å²) in [4.78, 5) is 14.2. The van der Waals surface area contributed by atoms with E-state index in [1.807, 2.05) is 0 Å². The Morgan fingerprint density at radius 1 is 1.44 bits per heavy atom. The number of hydrogen-bond donors (Lipinski definition) is 0. The minimum Gasteiger partial charge on any atom is -0.381 e. The zero-order chi connectivity index (χ0) is 11.4. The predicted molar refractivity (Wildman–Crippen MR) is 56.2 cm³/mol. The summed E-state index contributed by atoms with van der Waals surface area (Å²) in [5, 5.41) is 0. The van der Waals surface area contributed by atoms with E-state index in [2.05, 4.69) is 4.99 Å². The van der Waals surface area contributed by atoms with Crippen LogP contribution in [0.1, 0.15) is 18.0 Å². The van der Waals surface area contributed by atoms with Crippen molar-refractivity contribution in [3.05, 3.63) is 35.6 Å². The van der Waals surface area contributed by atoms with Crippen LogP contribution in [0.3, 0.4) is 0 Å². The Morgan fingerprint density at radius 3 is 2.75 bits per heavy atom. The van der Waals surface area contributed by atoms with Gasteiger partial charge in [-0.25, -0.2) is 9.18 Å². The van der Waals surface area contributed by atoms with Crippen LogP contribution in [0.2, 0.25) is 0 Å². The van der Waals surface area contributed by atoms with Gasteiger partial charge in [0.05, 0.1) is 12.6 Å². The van der Waals surface area contributed by atoms with E-state index >= 15 is 0 Å². The lowest BCUT2D eigenvalue weighted by atomic mass is 9.93. The van der Waals surface area contributed by atoms with Crippen LogP contribution in [0.5, 0.6) is 0 Å². The first-order valence-electron chi connectivity index (χ1n) is 5.21. The van der Waals surface area contributed by atoms with Crippen LogP contribution >= 0.6 is 0 Å². The molecule has 0 radical (unpaired) electrons. The number of isocyanates is 1. The molecule has 1 heterocycles. The number of halogens is 1. The maximum atomic E-state index is 12.8. The van der Waals surface area contributed by atoms with E-state index in [0.717, 1.165) is 12.0 Å². The van der Waals surface area contributed by atoms with Crippen molar-refractivity contribution in [1.82, 2.24) is 0 Å². The highest BCUT2D eigenvalue weighted by Crippen LogP contribution is 2.31. The Labute approximate surface area is 93.0 Å². The average molecular weight is 221 g/mol. The second kappa shape index (κ2) is 5.01. The molecular formula is C12H12FNO2. The molecule has 1 fully saturated rings. The van der Waals surface area contributed by atoms with Gasteiger partial charge >= 0.3 is 0 Å². The molecule has 0 amide bonds. The van der Waals surface area contributed by atoms with Crippen LogP contribution in [-0.4, -0.2) is 19.3 Å². The van der Waals surface area contributed by atoms with Crippen LogP contribution in [-0.2, 0) is 9.53 Å². The summed E-state index contributed by atoms with van der Waals surface area (Å²) < 4.78 is 18.0. The summed E-state index contributed by atoms with van der Waals surface area (Å²) in [7, 11) is 0. The van der Waals surface area contributed by atoms with Crippen molar-refractivity contribution in [2.75, 3.05) is 13.2 Å². The molecule has 0 N–H and O–H groups in total. The molecule has 1 aromatic rings. The summed E-state index contributed by atoms with van der Waals surface area (Å²) >= 11 is 0. The van der Waals surface area contributed by atoms with Crippen molar-refractivity contribution in [3.8, 4) is 0 Å². The lowest BCUT2D eigenvalue weighted by molar-refractivity contribution is 0.181. The maximum Gasteiger partial charge on any atom is 0.235 e. The zero-order valence-electron chi connectivity index (χ0n) is 8.73. The number of carbonyl (C=O) groups excluding carboxylic acids is 1. The van der Waals surface area contributed by atoms with E-state index in [1.165, 1.54) is 12.1 Å². The van der Waals surface area contributed by atoms with Gasteiger partial charge in [-0.3, -0.25) is 0 Å². The summed E-state index contributed by atoms with van der Waals surface area (Å²) in [6, 6.07) is 5.79. The maximum absolute atomic E-state index is 12.8. The highest BCUT2D eigenvalue weighted by atomic mass is 19.1. The van der Waals surface area contributed by atoms with Gasteiger partial charge in [0.25, 0.3) is 0 Å². The number of hydrogen-bond acceptors (Lipinski definition) is 3. The number of benzene rings is 1. The van der Waals surface area contributed by atoms with Gasteiger partial charge in [0.15, 0.2) is 0 Å². The van der Waals surface area contributed by atoms with Crippen LogP contribution < -0.4 is 0 Å². The summed E-state index contributed by atoms with van der Waals surface area (Å²) in [6.45, 7) is 1.28. The molecule has 0 aliphatic carbocycles. The van der Waals surface area contributed by atoms with Crippen molar-refractivity contribution in [2.24, 2.45) is 10.9 Å². The number of ether oxygens (including phenoxy) is 1. The molecule has 0 saturated carbocycles. The quantitative estimate of drug-likeness (QED) is 0.580. The molecule has 2 atom stereocenters. The molecule has 0 spiro atoms. The van der Waals surface area contributed by atoms with E-state index in [1.54, 1.807) is 18.2 Å². The summed E-state index contributed by atoms with van der Waals surface area (Å²) in [5.74, 6) is -0.104. The molecule has 3 nitrogen and oxygen atoms in total. The van der Waals surface area contributed by atoms with Gasteiger partial charge in [-0.15, -0.1) is 0 Å². The molecule has 1 aliphatic heterocycles. The average Bonchev–Trinajstić information content (AvgIpc) is 2.81. The molecule has 16 heavy (non-hydrogen) atoms. The monoisotopic (exact) mass is 221 g/mol. The second-order valence-electron chi connectivity index (χ2n) is 3.84. The molecule has 1 aromatic carbocycles. The third-order valence-corrected chi connectivity index (χ3v) is 2.81. The van der Waals surface area contributed by atoms with Crippen LogP contribution in [0.15, 0.2) is 29.3 Å². The fourth-order valence-electron chi connectivity index (χ4n) is 1.97. The van der Waals surface area contributed by atoms with Crippen molar-refractivity contribution in [1.29, 1.82) is 0 Å². The number of rotatable bonds is 3. The van der Waals surface area contributed by atoms with Crippen molar-refractivity contribution in [3.63, 3.8) is 0 Å². The van der Waals surface area contributed by atoms with E-state index in [9.17, 15) is 9.18 Å². The van der Waals surface area contributed by atoms with Gasteiger partial charge in [-0.05, 0) is 24.1 Å². The van der Waals surface area contributed by atoms with Crippen LogP contribution in [0.4, 0.5) is 4.39 Å². The molecule has 1 aliphatic rings. The number of nitrogens with zero attached hydrogens (tertiary/aromatic N) is 1. The molecule has 0 aromatic heterocycles. The molecule has 4 heteroatoms. The Kier molecular flexibility index (Phi) is 3.44. The fourth-order valence-corrected chi connectivity index (χ4v) is 1.97. The molecule has 2 rings (SSSR count). The topological polar surface area (TPSA) is 38.7 Å². The zero-order valence-corrected chi connectivity index (χ0v) is 8.73. The van der Waals surface area contributed by atoms with E-state index in [-0.39, 0.29) is 17.8 Å². The first-order chi connectivity index (χ1) is 7.81. The predicted octanol–water partition coefficient (Wildman–Crippen LogP) is 2.24. The normalized spacial score (nSPS) is 21.4. The molecular weight excluding hydrogens is 209 g/mol. The van der Waals surface area contributed by atoms with Crippen LogP contribution in [0.25, 0.3) is 0 Å². The summed E-state index contributed by atoms with van der Waals surface area (Å²) in [6.07, 6.45) is 2.45. The molecule has 84 valence electrons. The van der Waals surface area contributed by atoms with E-state index < -0.39 is 0 Å².